The summed E-state index contributed by atoms with van der Waals surface area (Å²) < 4.78 is 0. The average Bonchev–Trinajstić information content (AvgIpc) is 2.83. The summed E-state index contributed by atoms with van der Waals surface area (Å²) in [5.41, 5.74) is 2.61. The molecule has 1 atom stereocenters. The van der Waals surface area contributed by atoms with Crippen LogP contribution in [0, 0.1) is 0 Å². The molecule has 0 radical (unpaired) electrons. The lowest BCUT2D eigenvalue weighted by Crippen LogP contribution is -2.13. The third-order valence-electron chi connectivity index (χ3n) is 2.74. The van der Waals surface area contributed by atoms with E-state index in [1.165, 1.54) is 11.3 Å². The molecule has 1 aromatic rings. The summed E-state index contributed by atoms with van der Waals surface area (Å²) in [5.74, 6) is 0.608. The molecule has 2 N–H and O–H groups in total. The van der Waals surface area contributed by atoms with Crippen LogP contribution in [0.4, 0.5) is 5.69 Å². The van der Waals surface area contributed by atoms with Crippen LogP contribution in [-0.4, -0.2) is 20.1 Å². The Morgan fingerprint density at radius 3 is 2.56 bits per heavy atom. The molecule has 0 fully saturated rings. The number of nitrogens with one attached hydrogen (secondary N) is 2. The fourth-order valence-electron chi connectivity index (χ4n) is 1.95. The maximum atomic E-state index is 5.98. The molecule has 3 heteroatoms. The van der Waals surface area contributed by atoms with E-state index in [1.807, 2.05) is 40.8 Å². The Balaban J connectivity index is 0.000000659. The van der Waals surface area contributed by atoms with Crippen LogP contribution < -0.4 is 10.6 Å². The normalized spacial score (nSPS) is 15.6. The van der Waals surface area contributed by atoms with Crippen LogP contribution in [0.1, 0.15) is 45.6 Å². The van der Waals surface area contributed by atoms with Crippen molar-refractivity contribution in [1.82, 2.24) is 5.32 Å². The number of fused-ring (bicyclic) bond motifs is 1. The van der Waals surface area contributed by atoms with Crippen molar-refractivity contribution in [3.8, 4) is 0 Å². The number of rotatable bonds is 3. The molecule has 2 rings (SSSR count). The van der Waals surface area contributed by atoms with Crippen molar-refractivity contribution in [2.24, 2.45) is 0 Å². The highest BCUT2D eigenvalue weighted by molar-refractivity contribution is 6.30. The van der Waals surface area contributed by atoms with Gasteiger partial charge in [-0.2, -0.15) is 0 Å². The van der Waals surface area contributed by atoms with E-state index in [1.54, 1.807) is 0 Å². The van der Waals surface area contributed by atoms with Crippen LogP contribution >= 0.6 is 11.6 Å². The summed E-state index contributed by atoms with van der Waals surface area (Å²) >= 11 is 5.98. The van der Waals surface area contributed by atoms with Gasteiger partial charge >= 0.3 is 0 Å². The molecule has 1 heterocycles. The third-order valence-corrected chi connectivity index (χ3v) is 2.97. The minimum atomic E-state index is 0.608. The van der Waals surface area contributed by atoms with E-state index in [4.69, 9.17) is 11.6 Å². The van der Waals surface area contributed by atoms with Gasteiger partial charge in [0.2, 0.25) is 0 Å². The molecule has 0 aromatic heterocycles. The van der Waals surface area contributed by atoms with Crippen molar-refractivity contribution < 1.29 is 0 Å². The fourth-order valence-corrected chi connectivity index (χ4v) is 2.13. The van der Waals surface area contributed by atoms with Crippen molar-refractivity contribution >= 4 is 17.3 Å². The molecule has 1 aliphatic heterocycles. The minimum Gasteiger partial charge on any atom is -0.384 e. The largest absolute Gasteiger partial charge is 0.384 e. The Hall–Kier alpha value is -0.730. The van der Waals surface area contributed by atoms with Gasteiger partial charge in [0.25, 0.3) is 0 Å². The molecule has 0 spiro atoms. The quantitative estimate of drug-likeness (QED) is 0.844. The lowest BCUT2D eigenvalue weighted by Gasteiger charge is -2.09. The predicted octanol–water partition coefficient (Wildman–Crippen LogP) is 4.51. The molecule has 0 amide bonds. The lowest BCUT2D eigenvalue weighted by atomic mass is 9.98. The summed E-state index contributed by atoms with van der Waals surface area (Å²) in [4.78, 5) is 0. The topological polar surface area (TPSA) is 24.1 Å². The second-order valence-electron chi connectivity index (χ2n) is 3.70. The minimum absolute atomic E-state index is 0.608. The van der Waals surface area contributed by atoms with Gasteiger partial charge in [0, 0.05) is 23.2 Å². The maximum Gasteiger partial charge on any atom is 0.0410 e. The lowest BCUT2D eigenvalue weighted by molar-refractivity contribution is 0.634. The predicted molar refractivity (Wildman–Crippen MR) is 83.9 cm³/mol. The fraction of sp³-hybridized carbons (Fsp3) is 0.600. The zero-order chi connectivity index (χ0) is 14.0. The Bertz CT molecular complexity index is 326. The van der Waals surface area contributed by atoms with E-state index >= 15 is 0 Å². The van der Waals surface area contributed by atoms with Crippen molar-refractivity contribution in [3.63, 3.8) is 0 Å². The van der Waals surface area contributed by atoms with Gasteiger partial charge in [-0.05, 0) is 43.8 Å². The molecule has 0 bridgehead atoms. The highest BCUT2D eigenvalue weighted by atomic mass is 35.5. The van der Waals surface area contributed by atoms with Crippen LogP contribution in [0.3, 0.4) is 0 Å². The summed E-state index contributed by atoms with van der Waals surface area (Å²) in [6, 6.07) is 6.09. The summed E-state index contributed by atoms with van der Waals surface area (Å²) in [7, 11) is 1.99. The Labute approximate surface area is 117 Å². The maximum absolute atomic E-state index is 5.98. The summed E-state index contributed by atoms with van der Waals surface area (Å²) in [5, 5.41) is 7.41. The van der Waals surface area contributed by atoms with Crippen LogP contribution in [0.15, 0.2) is 18.2 Å². The van der Waals surface area contributed by atoms with E-state index in [9.17, 15) is 0 Å². The van der Waals surface area contributed by atoms with E-state index in [2.05, 4.69) is 22.8 Å². The van der Waals surface area contributed by atoms with Crippen molar-refractivity contribution in [2.75, 3.05) is 25.5 Å². The Kier molecular flexibility index (Phi) is 9.80. The molecular formula is C15H27ClN2. The number of hydrogen-bond acceptors (Lipinski definition) is 2. The van der Waals surface area contributed by atoms with Gasteiger partial charge < -0.3 is 10.6 Å². The van der Waals surface area contributed by atoms with Crippen molar-refractivity contribution in [3.05, 3.63) is 28.8 Å². The first kappa shape index (κ1) is 17.3. The first-order valence-corrected chi connectivity index (χ1v) is 7.37. The monoisotopic (exact) mass is 270 g/mol. The Morgan fingerprint density at radius 1 is 1.28 bits per heavy atom. The molecule has 18 heavy (non-hydrogen) atoms. The zero-order valence-electron chi connectivity index (χ0n) is 12.3. The molecule has 0 aliphatic carbocycles. The van der Waals surface area contributed by atoms with E-state index < -0.39 is 0 Å². The van der Waals surface area contributed by atoms with Gasteiger partial charge in [0.15, 0.2) is 0 Å². The van der Waals surface area contributed by atoms with E-state index in [0.29, 0.717) is 5.92 Å². The van der Waals surface area contributed by atoms with Gasteiger partial charge in [-0.15, -0.1) is 0 Å². The standard InChI is InChI=1S/C11H15ClN2.2C2H6/c1-13-5-4-8-7-14-11-3-2-9(12)6-10(8)11;2*1-2/h2-3,6,8,13-14H,4-5,7H2,1H3;2*1-2H3/t8-;;/m0../s1. The highest BCUT2D eigenvalue weighted by Crippen LogP contribution is 2.34. The van der Waals surface area contributed by atoms with Gasteiger partial charge in [-0.25, -0.2) is 0 Å². The molecule has 2 nitrogen and oxygen atoms in total. The zero-order valence-corrected chi connectivity index (χ0v) is 13.1. The van der Waals surface area contributed by atoms with Gasteiger partial charge in [0.05, 0.1) is 0 Å². The second-order valence-corrected chi connectivity index (χ2v) is 4.14. The van der Waals surface area contributed by atoms with Crippen LogP contribution in [0.5, 0.6) is 0 Å². The SMILES string of the molecule is CC.CC.CNCC[C@H]1CNc2ccc(Cl)cc21. The molecule has 0 unspecified atom stereocenters. The van der Waals surface area contributed by atoms with Crippen molar-refractivity contribution in [2.45, 2.75) is 40.0 Å². The average molecular weight is 271 g/mol. The number of halogens is 1. The first-order valence-electron chi connectivity index (χ1n) is 6.99. The van der Waals surface area contributed by atoms with Crippen molar-refractivity contribution in [1.29, 1.82) is 0 Å². The third kappa shape index (κ3) is 4.87. The smallest absolute Gasteiger partial charge is 0.0410 e. The second kappa shape index (κ2) is 10.2. The van der Waals surface area contributed by atoms with Crippen LogP contribution in [-0.2, 0) is 0 Å². The highest BCUT2D eigenvalue weighted by Gasteiger charge is 2.21. The number of anilines is 1. The van der Waals surface area contributed by atoms with Gasteiger partial charge in [-0.3, -0.25) is 0 Å². The summed E-state index contributed by atoms with van der Waals surface area (Å²) in [6.45, 7) is 10.1. The molecule has 0 saturated carbocycles. The first-order chi connectivity index (χ1) is 8.81. The van der Waals surface area contributed by atoms with Crippen LogP contribution in [0.2, 0.25) is 5.02 Å². The molecule has 1 aliphatic rings. The molecule has 0 saturated heterocycles. The Morgan fingerprint density at radius 2 is 1.94 bits per heavy atom. The molecule has 104 valence electrons. The number of benzene rings is 1. The van der Waals surface area contributed by atoms with Gasteiger partial charge in [-0.1, -0.05) is 39.3 Å². The summed E-state index contributed by atoms with van der Waals surface area (Å²) in [6.07, 6.45) is 1.16. The molecular weight excluding hydrogens is 244 g/mol. The van der Waals surface area contributed by atoms with E-state index in [0.717, 1.165) is 24.5 Å². The van der Waals surface area contributed by atoms with Crippen LogP contribution in [0.25, 0.3) is 0 Å². The number of hydrogen-bond donors (Lipinski definition) is 2. The van der Waals surface area contributed by atoms with Gasteiger partial charge in [0.1, 0.15) is 0 Å². The molecule has 1 aromatic carbocycles. The van der Waals surface area contributed by atoms with E-state index in [-0.39, 0.29) is 0 Å².